The number of para-hydroxylation sites is 1. The summed E-state index contributed by atoms with van der Waals surface area (Å²) < 4.78 is 13.3. The van der Waals surface area contributed by atoms with Crippen molar-refractivity contribution < 1.29 is 9.18 Å². The number of aryl methyl sites for hydroxylation is 1. The third-order valence-electron chi connectivity index (χ3n) is 3.29. The predicted octanol–water partition coefficient (Wildman–Crippen LogP) is 4.17. The van der Waals surface area contributed by atoms with Crippen molar-refractivity contribution in [1.82, 2.24) is 4.98 Å². The quantitative estimate of drug-likeness (QED) is 0.700. The van der Waals surface area contributed by atoms with E-state index in [9.17, 15) is 9.18 Å². The lowest BCUT2D eigenvalue weighted by atomic mass is 10.1. The third-order valence-corrected chi connectivity index (χ3v) is 3.29. The Balaban J connectivity index is 2.05. The van der Waals surface area contributed by atoms with Crippen LogP contribution < -0.4 is 5.32 Å². The van der Waals surface area contributed by atoms with Crippen LogP contribution in [0.2, 0.25) is 0 Å². The minimum atomic E-state index is -0.247. The molecule has 0 atom stereocenters. The number of hydrogen-bond donors (Lipinski definition) is 2. The number of rotatable bonds is 3. The Labute approximate surface area is 115 Å². The first-order chi connectivity index (χ1) is 9.69. The van der Waals surface area contributed by atoms with Crippen molar-refractivity contribution in [2.24, 2.45) is 0 Å². The summed E-state index contributed by atoms with van der Waals surface area (Å²) in [4.78, 5) is 14.5. The predicted molar refractivity (Wildman–Crippen MR) is 78.1 cm³/mol. The zero-order valence-corrected chi connectivity index (χ0v) is 10.9. The van der Waals surface area contributed by atoms with Crippen LogP contribution in [0, 0.1) is 12.7 Å². The Bertz CT molecular complexity index is 792. The van der Waals surface area contributed by atoms with Crippen molar-refractivity contribution in [3.8, 4) is 0 Å². The van der Waals surface area contributed by atoms with Gasteiger partial charge in [-0.2, -0.15) is 0 Å². The second-order valence-corrected chi connectivity index (χ2v) is 4.67. The summed E-state index contributed by atoms with van der Waals surface area (Å²) in [6.07, 6.45) is 0.817. The largest absolute Gasteiger partial charge is 0.341 e. The highest BCUT2D eigenvalue weighted by molar-refractivity contribution is 6.03. The minimum Gasteiger partial charge on any atom is -0.341 e. The van der Waals surface area contributed by atoms with Crippen molar-refractivity contribution in [3.05, 3.63) is 59.4 Å². The fourth-order valence-electron chi connectivity index (χ4n) is 2.25. The summed E-state index contributed by atoms with van der Waals surface area (Å²) >= 11 is 0. The maximum Gasteiger partial charge on any atom is 0.154 e. The molecular weight excluding hydrogens is 255 g/mol. The fourth-order valence-corrected chi connectivity index (χ4v) is 2.25. The van der Waals surface area contributed by atoms with Gasteiger partial charge in [-0.15, -0.1) is 0 Å². The van der Waals surface area contributed by atoms with Gasteiger partial charge in [0.25, 0.3) is 0 Å². The molecule has 3 aromatic rings. The van der Waals surface area contributed by atoms with E-state index >= 15 is 0 Å². The average Bonchev–Trinajstić information content (AvgIpc) is 2.80. The monoisotopic (exact) mass is 268 g/mol. The maximum absolute atomic E-state index is 13.3. The number of aldehydes is 1. The average molecular weight is 268 g/mol. The topological polar surface area (TPSA) is 44.9 Å². The van der Waals surface area contributed by atoms with Crippen molar-refractivity contribution in [1.29, 1.82) is 0 Å². The normalized spacial score (nSPS) is 10.7. The van der Waals surface area contributed by atoms with Gasteiger partial charge in [0.2, 0.25) is 0 Å². The van der Waals surface area contributed by atoms with Crippen LogP contribution in [0.3, 0.4) is 0 Å². The first kappa shape index (κ1) is 12.4. The van der Waals surface area contributed by atoms with Gasteiger partial charge in [0.15, 0.2) is 6.29 Å². The van der Waals surface area contributed by atoms with Crippen LogP contribution >= 0.6 is 0 Å². The third kappa shape index (κ3) is 2.05. The van der Waals surface area contributed by atoms with Crippen LogP contribution in [0.5, 0.6) is 0 Å². The maximum atomic E-state index is 13.3. The van der Waals surface area contributed by atoms with E-state index in [1.807, 2.05) is 24.3 Å². The molecule has 0 amide bonds. The number of aromatic nitrogens is 1. The van der Waals surface area contributed by atoms with Crippen molar-refractivity contribution in [3.63, 3.8) is 0 Å². The molecule has 3 rings (SSSR count). The van der Waals surface area contributed by atoms with Gasteiger partial charge in [-0.3, -0.25) is 4.79 Å². The summed E-state index contributed by atoms with van der Waals surface area (Å²) in [5, 5.41) is 3.99. The van der Waals surface area contributed by atoms with E-state index in [1.165, 1.54) is 6.07 Å². The molecule has 1 aromatic heterocycles. The van der Waals surface area contributed by atoms with Crippen LogP contribution in [0.25, 0.3) is 10.9 Å². The standard InChI is InChI=1S/C16H13FN2O/c1-10-8-11(6-7-14(10)17)18-16-13(9-20)12-4-2-3-5-15(12)19-16/h2-9,18-19H,1H3. The molecule has 0 spiro atoms. The lowest BCUT2D eigenvalue weighted by Crippen LogP contribution is -1.95. The zero-order valence-electron chi connectivity index (χ0n) is 10.9. The Morgan fingerprint density at radius 2 is 2.00 bits per heavy atom. The summed E-state index contributed by atoms with van der Waals surface area (Å²) in [7, 11) is 0. The lowest BCUT2D eigenvalue weighted by molar-refractivity contribution is 0.112. The first-order valence-electron chi connectivity index (χ1n) is 6.28. The van der Waals surface area contributed by atoms with Gasteiger partial charge < -0.3 is 10.3 Å². The van der Waals surface area contributed by atoms with E-state index in [2.05, 4.69) is 10.3 Å². The minimum absolute atomic E-state index is 0.247. The lowest BCUT2D eigenvalue weighted by Gasteiger charge is -2.06. The number of anilines is 2. The second kappa shape index (κ2) is 4.81. The number of carbonyl (C=O) groups excluding carboxylic acids is 1. The van der Waals surface area contributed by atoms with Crippen LogP contribution in [-0.4, -0.2) is 11.3 Å². The first-order valence-corrected chi connectivity index (χ1v) is 6.28. The number of aromatic amines is 1. The van der Waals surface area contributed by atoms with Gasteiger partial charge in [-0.25, -0.2) is 4.39 Å². The number of hydrogen-bond acceptors (Lipinski definition) is 2. The molecule has 2 aromatic carbocycles. The highest BCUT2D eigenvalue weighted by Gasteiger charge is 2.10. The van der Waals surface area contributed by atoms with Crippen molar-refractivity contribution >= 4 is 28.7 Å². The molecule has 2 N–H and O–H groups in total. The summed E-state index contributed by atoms with van der Waals surface area (Å²) in [5.74, 6) is 0.370. The van der Waals surface area contributed by atoms with Crippen LogP contribution in [-0.2, 0) is 0 Å². The molecule has 0 radical (unpaired) electrons. The molecule has 1 heterocycles. The molecule has 0 saturated carbocycles. The van der Waals surface area contributed by atoms with Crippen molar-refractivity contribution in [2.75, 3.05) is 5.32 Å². The highest BCUT2D eigenvalue weighted by atomic mass is 19.1. The summed E-state index contributed by atoms with van der Waals surface area (Å²) in [6.45, 7) is 1.70. The van der Waals surface area contributed by atoms with Crippen LogP contribution in [0.1, 0.15) is 15.9 Å². The molecular formula is C16H13FN2O. The van der Waals surface area contributed by atoms with E-state index in [0.29, 0.717) is 16.9 Å². The van der Waals surface area contributed by atoms with Gasteiger partial charge in [-0.05, 0) is 36.8 Å². The molecule has 0 aliphatic carbocycles. The smallest absolute Gasteiger partial charge is 0.154 e. The van der Waals surface area contributed by atoms with E-state index < -0.39 is 0 Å². The molecule has 0 aliphatic heterocycles. The molecule has 20 heavy (non-hydrogen) atoms. The van der Waals surface area contributed by atoms with E-state index in [1.54, 1.807) is 19.1 Å². The van der Waals surface area contributed by atoms with E-state index in [0.717, 1.165) is 22.9 Å². The van der Waals surface area contributed by atoms with Gasteiger partial charge >= 0.3 is 0 Å². The SMILES string of the molecule is Cc1cc(Nc2[nH]c3ccccc3c2C=O)ccc1F. The fraction of sp³-hybridized carbons (Fsp3) is 0.0625. The Kier molecular flexibility index (Phi) is 2.99. The molecule has 0 unspecified atom stereocenters. The number of H-pyrrole nitrogens is 1. The highest BCUT2D eigenvalue weighted by Crippen LogP contribution is 2.27. The Hall–Kier alpha value is -2.62. The van der Waals surface area contributed by atoms with Gasteiger partial charge in [-0.1, -0.05) is 18.2 Å². The zero-order chi connectivity index (χ0) is 14.1. The molecule has 3 nitrogen and oxygen atoms in total. The summed E-state index contributed by atoms with van der Waals surface area (Å²) in [6, 6.07) is 12.3. The van der Waals surface area contributed by atoms with Crippen LogP contribution in [0.4, 0.5) is 15.9 Å². The molecule has 0 bridgehead atoms. The molecule has 4 heteroatoms. The number of nitrogens with one attached hydrogen (secondary N) is 2. The molecule has 0 saturated heterocycles. The Morgan fingerprint density at radius 3 is 2.75 bits per heavy atom. The van der Waals surface area contributed by atoms with Crippen molar-refractivity contribution in [2.45, 2.75) is 6.92 Å². The van der Waals surface area contributed by atoms with Crippen LogP contribution in [0.15, 0.2) is 42.5 Å². The molecule has 0 fully saturated rings. The number of halogens is 1. The number of benzene rings is 2. The van der Waals surface area contributed by atoms with Gasteiger partial charge in [0, 0.05) is 16.6 Å². The van der Waals surface area contributed by atoms with Gasteiger partial charge in [0.1, 0.15) is 11.6 Å². The Morgan fingerprint density at radius 1 is 1.20 bits per heavy atom. The number of fused-ring (bicyclic) bond motifs is 1. The number of carbonyl (C=O) groups is 1. The summed E-state index contributed by atoms with van der Waals surface area (Å²) in [5.41, 5.74) is 2.75. The van der Waals surface area contributed by atoms with E-state index in [-0.39, 0.29) is 5.82 Å². The molecule has 100 valence electrons. The molecule has 0 aliphatic rings. The van der Waals surface area contributed by atoms with Gasteiger partial charge in [0.05, 0.1) is 5.56 Å². The van der Waals surface area contributed by atoms with E-state index in [4.69, 9.17) is 0 Å². The second-order valence-electron chi connectivity index (χ2n) is 4.67.